The van der Waals surface area contributed by atoms with Crippen molar-refractivity contribution < 1.29 is 19.4 Å². The summed E-state index contributed by atoms with van der Waals surface area (Å²) in [5.74, 6) is -0.365. The zero-order valence-corrected chi connectivity index (χ0v) is 17.3. The average Bonchev–Trinajstić information content (AvgIpc) is 2.74. The summed E-state index contributed by atoms with van der Waals surface area (Å²) < 4.78 is 6.25. The molecule has 0 saturated heterocycles. The van der Waals surface area contributed by atoms with E-state index < -0.39 is 5.97 Å². The number of rotatable bonds is 2. The molecule has 9 heteroatoms. The highest BCUT2D eigenvalue weighted by atomic mass is 79.9. The number of pyridine rings is 2. The number of halogens is 2. The lowest BCUT2D eigenvalue weighted by Crippen LogP contribution is -2.38. The second-order valence-electron chi connectivity index (χ2n) is 5.78. The van der Waals surface area contributed by atoms with Crippen LogP contribution in [0, 0.1) is 0 Å². The van der Waals surface area contributed by atoms with E-state index in [1.165, 1.54) is 18.3 Å². The Morgan fingerprint density at radius 3 is 2.59 bits per heavy atom. The van der Waals surface area contributed by atoms with Gasteiger partial charge in [-0.15, -0.1) is 0 Å². The Bertz CT molecular complexity index is 1050. The van der Waals surface area contributed by atoms with Crippen LogP contribution in [0.2, 0.25) is 5.15 Å². The van der Waals surface area contributed by atoms with E-state index in [-0.39, 0.29) is 16.6 Å². The van der Waals surface area contributed by atoms with E-state index in [2.05, 4.69) is 25.9 Å². The van der Waals surface area contributed by atoms with E-state index in [1.54, 1.807) is 23.4 Å². The summed E-state index contributed by atoms with van der Waals surface area (Å²) in [7, 11) is 0. The monoisotopic (exact) mass is 475 g/mol. The fourth-order valence-electron chi connectivity index (χ4n) is 2.62. The molecule has 0 bridgehead atoms. The Balaban J connectivity index is 0.000000204. The van der Waals surface area contributed by atoms with Gasteiger partial charge in [-0.2, -0.15) is 0 Å². The first kappa shape index (κ1) is 20.8. The number of ether oxygens (including phenoxy) is 1. The molecular weight excluding hydrogens is 462 g/mol. The molecule has 0 radical (unpaired) electrons. The van der Waals surface area contributed by atoms with Crippen LogP contribution in [0.5, 0.6) is 5.75 Å². The van der Waals surface area contributed by atoms with Crippen molar-refractivity contribution in [1.82, 2.24) is 9.97 Å². The van der Waals surface area contributed by atoms with Crippen molar-refractivity contribution in [2.75, 3.05) is 18.1 Å². The molecule has 1 aromatic carbocycles. The number of fused-ring (bicyclic) bond motifs is 1. The largest absolute Gasteiger partial charge is 0.490 e. The van der Waals surface area contributed by atoms with E-state index in [0.29, 0.717) is 23.2 Å². The number of carbonyl (C=O) groups is 2. The minimum absolute atomic E-state index is 0.0231. The van der Waals surface area contributed by atoms with Crippen molar-refractivity contribution in [3.8, 4) is 5.75 Å². The number of aromatic carboxylic acids is 1. The minimum atomic E-state index is -1.06. The first-order valence-electron chi connectivity index (χ1n) is 8.46. The third kappa shape index (κ3) is 4.90. The number of anilines is 1. The van der Waals surface area contributed by atoms with Gasteiger partial charge in [0.2, 0.25) is 0 Å². The maximum absolute atomic E-state index is 12.6. The number of nitrogens with zero attached hydrogens (tertiary/aromatic N) is 3. The van der Waals surface area contributed by atoms with Crippen LogP contribution in [-0.2, 0) is 0 Å². The number of aromatic nitrogens is 2. The Morgan fingerprint density at radius 2 is 1.90 bits per heavy atom. The number of hydrogen-bond acceptors (Lipinski definition) is 5. The molecule has 0 spiro atoms. The van der Waals surface area contributed by atoms with Crippen LogP contribution in [0.1, 0.15) is 20.7 Å². The Labute approximate surface area is 180 Å². The van der Waals surface area contributed by atoms with Gasteiger partial charge in [0, 0.05) is 23.1 Å². The Hall–Kier alpha value is -2.97. The fourth-order valence-corrected chi connectivity index (χ4v) is 3.24. The number of hydrogen-bond donors (Lipinski definition) is 1. The van der Waals surface area contributed by atoms with Crippen LogP contribution in [0.4, 0.5) is 5.69 Å². The Kier molecular flexibility index (Phi) is 6.79. The summed E-state index contributed by atoms with van der Waals surface area (Å²) >= 11 is 8.79. The molecular formula is C20H15BrClN3O4. The van der Waals surface area contributed by atoms with Gasteiger partial charge in [0.25, 0.3) is 5.91 Å². The predicted molar refractivity (Wildman–Crippen MR) is 112 cm³/mol. The highest BCUT2D eigenvalue weighted by Crippen LogP contribution is 2.32. The molecule has 0 saturated carbocycles. The van der Waals surface area contributed by atoms with E-state index in [1.807, 2.05) is 24.3 Å². The molecule has 0 unspecified atom stereocenters. The van der Waals surface area contributed by atoms with Gasteiger partial charge in [-0.1, -0.05) is 23.7 Å². The second kappa shape index (κ2) is 9.49. The molecule has 3 heterocycles. The fraction of sp³-hybridized carbons (Fsp3) is 0.100. The van der Waals surface area contributed by atoms with Crippen LogP contribution < -0.4 is 9.64 Å². The highest BCUT2D eigenvalue weighted by Gasteiger charge is 2.25. The van der Waals surface area contributed by atoms with Gasteiger partial charge < -0.3 is 14.7 Å². The SMILES string of the molecule is O=C(O)c1cccnc1Cl.O=C(c1ccncc1Br)N1CCOc2ccccc21. The molecule has 4 rings (SSSR count). The zero-order chi connectivity index (χ0) is 20.8. The molecule has 29 heavy (non-hydrogen) atoms. The predicted octanol–water partition coefficient (Wildman–Crippen LogP) is 4.32. The van der Waals surface area contributed by atoms with E-state index in [9.17, 15) is 9.59 Å². The van der Waals surface area contributed by atoms with Crippen molar-refractivity contribution in [2.45, 2.75) is 0 Å². The van der Waals surface area contributed by atoms with Gasteiger partial charge in [-0.05, 0) is 46.3 Å². The standard InChI is InChI=1S/C14H11BrN2O2.C6H4ClNO2/c15-11-9-16-6-5-10(11)14(18)17-7-8-19-13-4-2-1-3-12(13)17;7-5-4(6(9)10)2-1-3-8-5/h1-6,9H,7-8H2;1-3H,(H,9,10). The van der Waals surface area contributed by atoms with Crippen LogP contribution >= 0.6 is 27.5 Å². The van der Waals surface area contributed by atoms with Crippen molar-refractivity contribution in [1.29, 1.82) is 0 Å². The lowest BCUT2D eigenvalue weighted by Gasteiger charge is -2.29. The van der Waals surface area contributed by atoms with Crippen molar-refractivity contribution >= 4 is 45.1 Å². The molecule has 1 amide bonds. The number of carbonyl (C=O) groups excluding carboxylic acids is 1. The number of carboxylic acid groups (broad SMARTS) is 1. The molecule has 1 aliphatic rings. The third-order valence-corrected chi connectivity index (χ3v) is 4.90. The molecule has 0 atom stereocenters. The topological polar surface area (TPSA) is 92.6 Å². The van der Waals surface area contributed by atoms with Gasteiger partial charge in [0.05, 0.1) is 23.4 Å². The number of benzene rings is 1. The molecule has 3 aromatic rings. The molecule has 0 aliphatic carbocycles. The Morgan fingerprint density at radius 1 is 1.10 bits per heavy atom. The quantitative estimate of drug-likeness (QED) is 0.554. The lowest BCUT2D eigenvalue weighted by atomic mass is 10.2. The maximum Gasteiger partial charge on any atom is 0.338 e. The van der Waals surface area contributed by atoms with Gasteiger partial charge in [0.1, 0.15) is 17.5 Å². The second-order valence-corrected chi connectivity index (χ2v) is 6.99. The van der Waals surface area contributed by atoms with E-state index in [0.717, 1.165) is 11.4 Å². The summed E-state index contributed by atoms with van der Waals surface area (Å²) in [6.45, 7) is 1.05. The summed E-state index contributed by atoms with van der Waals surface area (Å²) in [6, 6.07) is 12.2. The average molecular weight is 477 g/mol. The molecule has 148 valence electrons. The third-order valence-electron chi connectivity index (χ3n) is 3.97. The first-order valence-corrected chi connectivity index (χ1v) is 9.63. The molecule has 2 aromatic heterocycles. The summed E-state index contributed by atoms with van der Waals surface area (Å²) in [5, 5.41) is 8.46. The van der Waals surface area contributed by atoms with Crippen molar-refractivity contribution in [3.05, 3.63) is 81.8 Å². The maximum atomic E-state index is 12.6. The zero-order valence-electron chi connectivity index (χ0n) is 15.0. The number of para-hydroxylation sites is 2. The molecule has 1 N–H and O–H groups in total. The summed E-state index contributed by atoms with van der Waals surface area (Å²) in [5.41, 5.74) is 1.44. The van der Waals surface area contributed by atoms with Crippen molar-refractivity contribution in [3.63, 3.8) is 0 Å². The lowest BCUT2D eigenvalue weighted by molar-refractivity contribution is 0.0696. The van der Waals surface area contributed by atoms with Gasteiger partial charge in [-0.3, -0.25) is 9.78 Å². The van der Waals surface area contributed by atoms with Gasteiger partial charge >= 0.3 is 5.97 Å². The smallest absolute Gasteiger partial charge is 0.338 e. The molecule has 0 fully saturated rings. The van der Waals surface area contributed by atoms with Crippen LogP contribution in [0.3, 0.4) is 0 Å². The molecule has 1 aliphatic heterocycles. The first-order chi connectivity index (χ1) is 14.0. The summed E-state index contributed by atoms with van der Waals surface area (Å²) in [6.07, 6.45) is 4.68. The highest BCUT2D eigenvalue weighted by molar-refractivity contribution is 9.10. The minimum Gasteiger partial charge on any atom is -0.490 e. The number of carboxylic acids is 1. The van der Waals surface area contributed by atoms with Crippen LogP contribution in [0.15, 0.2) is 65.5 Å². The van der Waals surface area contributed by atoms with Crippen LogP contribution in [0.25, 0.3) is 0 Å². The summed E-state index contributed by atoms with van der Waals surface area (Å²) in [4.78, 5) is 32.2. The molecule has 7 nitrogen and oxygen atoms in total. The van der Waals surface area contributed by atoms with E-state index >= 15 is 0 Å². The van der Waals surface area contributed by atoms with Crippen LogP contribution in [-0.4, -0.2) is 40.1 Å². The number of amides is 1. The van der Waals surface area contributed by atoms with Crippen molar-refractivity contribution in [2.24, 2.45) is 0 Å². The van der Waals surface area contributed by atoms with Gasteiger partial charge in [-0.25, -0.2) is 9.78 Å². The van der Waals surface area contributed by atoms with Gasteiger partial charge in [0.15, 0.2) is 0 Å². The van der Waals surface area contributed by atoms with E-state index in [4.69, 9.17) is 21.4 Å². The normalized spacial score (nSPS) is 12.1.